The highest BCUT2D eigenvalue weighted by Crippen LogP contribution is 2.53. The first-order valence-corrected chi connectivity index (χ1v) is 13.5. The molecule has 3 heterocycles. The van der Waals surface area contributed by atoms with Gasteiger partial charge in [-0.25, -0.2) is 9.29 Å². The zero-order valence-corrected chi connectivity index (χ0v) is 21.4. The molecule has 3 atom stereocenters. The zero-order valence-electron chi connectivity index (χ0n) is 19.0. The fourth-order valence-electron chi connectivity index (χ4n) is 4.79. The lowest BCUT2D eigenvalue weighted by Crippen LogP contribution is -2.32. The molecule has 2 aliphatic rings. The lowest BCUT2D eigenvalue weighted by atomic mass is 9.83. The van der Waals surface area contributed by atoms with Gasteiger partial charge in [-0.2, -0.15) is 0 Å². The molecule has 3 aromatic carbocycles. The number of carbonyl (C=O) groups excluding carboxylic acids is 2. The monoisotopic (exact) mass is 552 g/mol. The molecule has 2 aliphatic heterocycles. The Morgan fingerprint density at radius 2 is 1.73 bits per heavy atom. The van der Waals surface area contributed by atoms with Crippen molar-refractivity contribution in [1.29, 1.82) is 0 Å². The number of carbonyl (C=O) groups is 2. The van der Waals surface area contributed by atoms with Gasteiger partial charge in [-0.05, 0) is 59.7 Å². The fraction of sp³-hybridized carbons (Fsp3) is 0.148. The van der Waals surface area contributed by atoms with Crippen LogP contribution in [-0.4, -0.2) is 22.0 Å². The lowest BCUT2D eigenvalue weighted by Gasteiger charge is -2.29. The van der Waals surface area contributed by atoms with Crippen molar-refractivity contribution in [1.82, 2.24) is 4.98 Å². The number of nitrogens with one attached hydrogen (secondary N) is 1. The molecule has 0 saturated carbocycles. The van der Waals surface area contributed by atoms with Gasteiger partial charge < -0.3 is 9.72 Å². The van der Waals surface area contributed by atoms with Crippen LogP contribution in [0.25, 0.3) is 0 Å². The van der Waals surface area contributed by atoms with Crippen molar-refractivity contribution in [2.45, 2.75) is 22.8 Å². The van der Waals surface area contributed by atoms with Crippen molar-refractivity contribution >= 4 is 52.2 Å². The number of H-pyrrole nitrogens is 1. The number of imide groups is 1. The average molecular weight is 553 g/mol. The van der Waals surface area contributed by atoms with Gasteiger partial charge in [-0.15, -0.1) is 0 Å². The Balaban J connectivity index is 1.32. The van der Waals surface area contributed by atoms with E-state index in [1.807, 2.05) is 42.5 Å². The number of nitrogens with zero attached hydrogens (tertiary/aromatic N) is 1. The van der Waals surface area contributed by atoms with E-state index in [1.54, 1.807) is 6.07 Å². The maximum absolute atomic E-state index is 13.7. The van der Waals surface area contributed by atoms with Crippen molar-refractivity contribution in [3.8, 4) is 5.75 Å². The molecule has 3 unspecified atom stereocenters. The molecule has 0 bridgehead atoms. The molecule has 1 aromatic heterocycles. The molecule has 1 saturated heterocycles. The summed E-state index contributed by atoms with van der Waals surface area (Å²) < 4.78 is 19.4. The molecule has 6 nitrogen and oxygen atoms in total. The molecule has 37 heavy (non-hydrogen) atoms. The predicted molar refractivity (Wildman–Crippen MR) is 141 cm³/mol. The summed E-state index contributed by atoms with van der Waals surface area (Å²) in [5, 5.41) is 0.525. The summed E-state index contributed by atoms with van der Waals surface area (Å²) in [7, 11) is 0. The number of ether oxygens (including phenoxy) is 1. The van der Waals surface area contributed by atoms with Gasteiger partial charge in [0.25, 0.3) is 0 Å². The normalized spacial score (nSPS) is 20.6. The van der Waals surface area contributed by atoms with Crippen molar-refractivity contribution in [3.05, 3.63) is 109 Å². The Morgan fingerprint density at radius 1 is 0.973 bits per heavy atom. The summed E-state index contributed by atoms with van der Waals surface area (Å²) in [4.78, 5) is 43.7. The smallest absolute Gasteiger partial charge is 0.305 e. The largest absolute Gasteiger partial charge is 0.489 e. The number of hydrogen-bond acceptors (Lipinski definition) is 6. The first-order chi connectivity index (χ1) is 17.9. The lowest BCUT2D eigenvalue weighted by molar-refractivity contribution is -0.122. The molecule has 0 radical (unpaired) electrons. The third kappa shape index (κ3) is 4.37. The second-order valence-electron chi connectivity index (χ2n) is 8.73. The van der Waals surface area contributed by atoms with E-state index in [9.17, 15) is 18.8 Å². The molecule has 2 amide bonds. The van der Waals surface area contributed by atoms with E-state index in [1.165, 1.54) is 36.0 Å². The van der Waals surface area contributed by atoms with Crippen molar-refractivity contribution < 1.29 is 18.7 Å². The fourth-order valence-corrected chi connectivity index (χ4v) is 7.51. The maximum Gasteiger partial charge on any atom is 0.305 e. The third-order valence-corrected chi connectivity index (χ3v) is 9.08. The van der Waals surface area contributed by atoms with E-state index in [-0.39, 0.29) is 16.7 Å². The molecule has 1 N–H and O–H groups in total. The van der Waals surface area contributed by atoms with Gasteiger partial charge in [-0.1, -0.05) is 59.0 Å². The maximum atomic E-state index is 13.7. The summed E-state index contributed by atoms with van der Waals surface area (Å²) in [6, 6.07) is 20.0. The minimum atomic E-state index is -0.709. The van der Waals surface area contributed by atoms with Crippen LogP contribution in [0.3, 0.4) is 0 Å². The van der Waals surface area contributed by atoms with Crippen LogP contribution >= 0.6 is 34.7 Å². The number of anilines is 1. The second-order valence-corrected chi connectivity index (χ2v) is 11.3. The number of thiazole rings is 1. The molecular weight excluding hydrogens is 535 g/mol. The number of hydrogen-bond donors (Lipinski definition) is 1. The molecule has 6 rings (SSSR count). The quantitative estimate of drug-likeness (QED) is 0.326. The molecule has 0 aliphatic carbocycles. The Kier molecular flexibility index (Phi) is 6.14. The standard InChI is InChI=1S/C27H18ClFN2O4S2/c28-16-3-1-2-14(12-16)13-35-19-10-4-15(5-11-19)20-21-23(36-24-22(20)37-27(34)30-24)26(33)31(25(21)32)18-8-6-17(29)7-9-18/h1-12,20-21,23H,13H2,(H,30,34). The highest BCUT2D eigenvalue weighted by Gasteiger charge is 2.56. The number of aromatic amines is 1. The molecule has 1 fully saturated rings. The average Bonchev–Trinajstić information content (AvgIpc) is 3.38. The van der Waals surface area contributed by atoms with Crippen LogP contribution in [0.1, 0.15) is 21.9 Å². The van der Waals surface area contributed by atoms with Crippen molar-refractivity contribution in [2.24, 2.45) is 5.92 Å². The van der Waals surface area contributed by atoms with Crippen LogP contribution < -0.4 is 14.5 Å². The van der Waals surface area contributed by atoms with Gasteiger partial charge in [0, 0.05) is 15.8 Å². The number of halogens is 2. The Hall–Kier alpha value is -3.40. The van der Waals surface area contributed by atoms with Crippen LogP contribution in [0.15, 0.2) is 82.6 Å². The van der Waals surface area contributed by atoms with Crippen molar-refractivity contribution in [3.63, 3.8) is 0 Å². The van der Waals surface area contributed by atoms with Gasteiger partial charge in [0.05, 0.1) is 16.6 Å². The van der Waals surface area contributed by atoms with E-state index < -0.39 is 22.9 Å². The number of benzene rings is 3. The van der Waals surface area contributed by atoms with E-state index in [4.69, 9.17) is 16.3 Å². The van der Waals surface area contributed by atoms with Crippen LogP contribution in [-0.2, 0) is 16.2 Å². The number of amides is 2. The van der Waals surface area contributed by atoms with E-state index in [0.717, 1.165) is 32.2 Å². The minimum Gasteiger partial charge on any atom is -0.489 e. The summed E-state index contributed by atoms with van der Waals surface area (Å²) >= 11 is 8.30. The van der Waals surface area contributed by atoms with Crippen LogP contribution in [0.4, 0.5) is 10.1 Å². The van der Waals surface area contributed by atoms with Gasteiger partial charge in [-0.3, -0.25) is 14.4 Å². The second kappa shape index (κ2) is 9.48. The highest BCUT2D eigenvalue weighted by molar-refractivity contribution is 8.00. The third-order valence-electron chi connectivity index (χ3n) is 6.44. The van der Waals surface area contributed by atoms with E-state index >= 15 is 0 Å². The molecule has 4 aromatic rings. The Bertz CT molecular complexity index is 1570. The summed E-state index contributed by atoms with van der Waals surface area (Å²) in [5.41, 5.74) is 2.05. The Labute approximate surface area is 224 Å². The molecule has 186 valence electrons. The first kappa shape index (κ1) is 24.0. The number of aromatic nitrogens is 1. The van der Waals surface area contributed by atoms with Crippen molar-refractivity contribution in [2.75, 3.05) is 4.90 Å². The van der Waals surface area contributed by atoms with E-state index in [2.05, 4.69) is 4.98 Å². The first-order valence-electron chi connectivity index (χ1n) is 11.4. The van der Waals surface area contributed by atoms with Gasteiger partial charge in [0.1, 0.15) is 23.4 Å². The van der Waals surface area contributed by atoms with Crippen LogP contribution in [0.2, 0.25) is 5.02 Å². The van der Waals surface area contributed by atoms with Gasteiger partial charge in [0.15, 0.2) is 0 Å². The zero-order chi connectivity index (χ0) is 25.7. The summed E-state index contributed by atoms with van der Waals surface area (Å²) in [6.45, 7) is 0.341. The topological polar surface area (TPSA) is 79.5 Å². The number of thioether (sulfide) groups is 1. The predicted octanol–water partition coefficient (Wildman–Crippen LogP) is 5.60. The Morgan fingerprint density at radius 3 is 2.46 bits per heavy atom. The van der Waals surface area contributed by atoms with Crippen LogP contribution in [0.5, 0.6) is 5.75 Å². The highest BCUT2D eigenvalue weighted by atomic mass is 35.5. The molecule has 10 heteroatoms. The summed E-state index contributed by atoms with van der Waals surface area (Å²) in [6.07, 6.45) is 0. The van der Waals surface area contributed by atoms with Gasteiger partial charge in [0.2, 0.25) is 11.8 Å². The van der Waals surface area contributed by atoms with E-state index in [0.29, 0.717) is 28.1 Å². The molecule has 0 spiro atoms. The molecular formula is C27H18ClFN2O4S2. The van der Waals surface area contributed by atoms with Gasteiger partial charge >= 0.3 is 4.87 Å². The summed E-state index contributed by atoms with van der Waals surface area (Å²) in [5.74, 6) is -1.77. The van der Waals surface area contributed by atoms with Crippen LogP contribution in [0, 0.1) is 11.7 Å². The minimum absolute atomic E-state index is 0.237. The number of fused-ring (bicyclic) bond motifs is 2. The number of rotatable bonds is 5. The SMILES string of the molecule is O=C1C2Sc3[nH]c(=O)sc3C(c3ccc(OCc4cccc(Cl)c4)cc3)C2C(=O)N1c1ccc(F)cc1.